The second-order valence-corrected chi connectivity index (χ2v) is 6.80. The molecule has 1 amide bonds. The van der Waals surface area contributed by atoms with Crippen LogP contribution in [-0.4, -0.2) is 20.6 Å². The first kappa shape index (κ1) is 21.7. The number of carbonyl (C=O) groups excluding carboxylic acids is 1. The van der Waals surface area contributed by atoms with Gasteiger partial charge in [-0.25, -0.2) is 4.68 Å². The number of rotatable bonds is 5. The Hall–Kier alpha value is -3.96. The van der Waals surface area contributed by atoms with Crippen LogP contribution in [0.1, 0.15) is 35.9 Å². The highest BCUT2D eigenvalue weighted by Gasteiger charge is 2.33. The zero-order valence-electron chi connectivity index (χ0n) is 16.2. The molecule has 0 bridgehead atoms. The summed E-state index contributed by atoms with van der Waals surface area (Å²) < 4.78 is 39.6. The summed E-state index contributed by atoms with van der Waals surface area (Å²) >= 11 is 0. The van der Waals surface area contributed by atoms with Crippen molar-refractivity contribution in [2.24, 2.45) is 0 Å². The highest BCUT2D eigenvalue weighted by atomic mass is 19.4. The van der Waals surface area contributed by atoms with Crippen molar-refractivity contribution in [1.82, 2.24) is 15.2 Å². The van der Waals surface area contributed by atoms with E-state index in [4.69, 9.17) is 0 Å². The van der Waals surface area contributed by atoms with Gasteiger partial charge in [0, 0.05) is 11.5 Å². The van der Waals surface area contributed by atoms with E-state index in [1.54, 1.807) is 26.0 Å². The van der Waals surface area contributed by atoms with Crippen LogP contribution in [0, 0.1) is 10.1 Å². The molecule has 1 aromatic heterocycles. The molecular formula is C19H16F3N5O4. The van der Waals surface area contributed by atoms with E-state index < -0.39 is 33.8 Å². The van der Waals surface area contributed by atoms with Crippen LogP contribution in [-0.2, 0) is 6.18 Å². The van der Waals surface area contributed by atoms with Gasteiger partial charge in [-0.1, -0.05) is 18.2 Å². The van der Waals surface area contributed by atoms with Crippen LogP contribution in [0.2, 0.25) is 0 Å². The van der Waals surface area contributed by atoms with Gasteiger partial charge in [-0.05, 0) is 32.0 Å². The van der Waals surface area contributed by atoms with Gasteiger partial charge >= 0.3 is 6.18 Å². The maximum absolute atomic E-state index is 12.8. The van der Waals surface area contributed by atoms with Crippen molar-refractivity contribution in [2.45, 2.75) is 26.1 Å². The van der Waals surface area contributed by atoms with E-state index in [0.29, 0.717) is 12.1 Å². The van der Waals surface area contributed by atoms with Crippen LogP contribution in [0.15, 0.2) is 47.3 Å². The number of nitrogens with one attached hydrogen (secondary N) is 2. The topological polar surface area (TPSA) is 119 Å². The van der Waals surface area contributed by atoms with Crippen LogP contribution in [0.3, 0.4) is 0 Å². The monoisotopic (exact) mass is 435 g/mol. The van der Waals surface area contributed by atoms with E-state index in [0.717, 1.165) is 10.7 Å². The lowest BCUT2D eigenvalue weighted by molar-refractivity contribution is -0.384. The number of hydrogen-bond donors (Lipinski definition) is 2. The summed E-state index contributed by atoms with van der Waals surface area (Å²) in [5.41, 5.74) is 1.50. The number of nitrogens with zero attached hydrogens (tertiary/aromatic N) is 3. The van der Waals surface area contributed by atoms with Crippen LogP contribution in [0.5, 0.6) is 0 Å². The second kappa shape index (κ2) is 8.05. The number of alkyl halides is 3. The van der Waals surface area contributed by atoms with E-state index in [1.807, 2.05) is 0 Å². The van der Waals surface area contributed by atoms with E-state index in [-0.39, 0.29) is 28.2 Å². The summed E-state index contributed by atoms with van der Waals surface area (Å²) in [4.78, 5) is 35.4. The third-order valence-corrected chi connectivity index (χ3v) is 4.37. The number of hydrogen-bond acceptors (Lipinski definition) is 6. The highest BCUT2D eigenvalue weighted by molar-refractivity contribution is 6.05. The Balaban J connectivity index is 1.97. The van der Waals surface area contributed by atoms with E-state index in [2.05, 4.69) is 16.0 Å². The smallest absolute Gasteiger partial charge is 0.292 e. The summed E-state index contributed by atoms with van der Waals surface area (Å²) in [6.45, 7) is 3.41. The average Bonchev–Trinajstić information content (AvgIpc) is 2.71. The zero-order valence-corrected chi connectivity index (χ0v) is 16.2. The molecule has 0 unspecified atom stereocenters. The molecule has 162 valence electrons. The normalized spacial score (nSPS) is 11.5. The number of benzene rings is 2. The molecular weight excluding hydrogens is 419 g/mol. The Kier molecular flexibility index (Phi) is 5.64. The molecule has 9 nitrogen and oxygen atoms in total. The van der Waals surface area contributed by atoms with Gasteiger partial charge in [0.1, 0.15) is 5.69 Å². The van der Waals surface area contributed by atoms with Gasteiger partial charge in [0.05, 0.1) is 21.9 Å². The molecule has 1 heterocycles. The Morgan fingerprint density at radius 3 is 2.39 bits per heavy atom. The number of carbonyl (C=O) groups is 1. The third-order valence-electron chi connectivity index (χ3n) is 4.37. The molecule has 0 spiro atoms. The number of hydrazine groups is 1. The lowest BCUT2D eigenvalue weighted by Crippen LogP contribution is -2.34. The van der Waals surface area contributed by atoms with Crippen molar-refractivity contribution in [3.8, 4) is 0 Å². The molecule has 31 heavy (non-hydrogen) atoms. The lowest BCUT2D eigenvalue weighted by Gasteiger charge is -2.14. The first-order chi connectivity index (χ1) is 14.5. The van der Waals surface area contributed by atoms with Crippen LogP contribution in [0.25, 0.3) is 10.8 Å². The van der Waals surface area contributed by atoms with Gasteiger partial charge in [-0.3, -0.25) is 30.6 Å². The van der Waals surface area contributed by atoms with Crippen molar-refractivity contribution < 1.29 is 22.9 Å². The van der Waals surface area contributed by atoms with Gasteiger partial charge < -0.3 is 0 Å². The summed E-state index contributed by atoms with van der Waals surface area (Å²) in [7, 11) is 0. The first-order valence-electron chi connectivity index (χ1n) is 8.94. The van der Waals surface area contributed by atoms with Gasteiger partial charge in [-0.15, -0.1) is 0 Å². The van der Waals surface area contributed by atoms with Crippen molar-refractivity contribution in [3.63, 3.8) is 0 Å². The molecule has 2 aromatic carbocycles. The molecule has 0 aliphatic carbocycles. The number of nitro benzene ring substituents is 1. The van der Waals surface area contributed by atoms with Crippen molar-refractivity contribution in [3.05, 3.63) is 74.2 Å². The molecule has 3 aromatic rings. The SMILES string of the molecule is CC(C)n1nc(C(=O)NNc2ccc(C(F)(F)F)cc2[N+](=O)[O-])c2ccccc2c1=O. The molecule has 0 aliphatic rings. The summed E-state index contributed by atoms with van der Waals surface area (Å²) in [5.74, 6) is -0.834. The molecule has 0 radical (unpaired) electrons. The molecule has 3 rings (SSSR count). The van der Waals surface area contributed by atoms with E-state index in [9.17, 15) is 32.9 Å². The number of nitro groups is 1. The highest BCUT2D eigenvalue weighted by Crippen LogP contribution is 2.34. The number of aromatic nitrogens is 2. The number of halogens is 3. The Morgan fingerprint density at radius 1 is 1.16 bits per heavy atom. The first-order valence-corrected chi connectivity index (χ1v) is 8.94. The van der Waals surface area contributed by atoms with Crippen LogP contribution in [0.4, 0.5) is 24.5 Å². The molecule has 0 fully saturated rings. The Morgan fingerprint density at radius 2 is 1.81 bits per heavy atom. The predicted molar refractivity (Wildman–Crippen MR) is 106 cm³/mol. The summed E-state index contributed by atoms with van der Waals surface area (Å²) in [6, 6.07) is 7.77. The third kappa shape index (κ3) is 4.32. The van der Waals surface area contributed by atoms with Crippen molar-refractivity contribution in [1.29, 1.82) is 0 Å². The number of anilines is 1. The van der Waals surface area contributed by atoms with Crippen molar-refractivity contribution >= 4 is 28.1 Å². The summed E-state index contributed by atoms with van der Waals surface area (Å²) in [5, 5.41) is 15.8. The van der Waals surface area contributed by atoms with Crippen LogP contribution < -0.4 is 16.4 Å². The molecule has 0 saturated carbocycles. The minimum absolute atomic E-state index is 0.133. The van der Waals surface area contributed by atoms with Gasteiger partial charge in [0.2, 0.25) is 0 Å². The fourth-order valence-electron chi connectivity index (χ4n) is 2.87. The molecule has 0 aliphatic heterocycles. The standard InChI is InChI=1S/C19H16F3N5O4/c1-10(2)26-18(29)13-6-4-3-5-12(13)16(25-26)17(28)24-23-14-8-7-11(19(20,21)22)9-15(14)27(30)31/h3-10,23H,1-2H3,(H,24,28). The van der Waals surface area contributed by atoms with Crippen LogP contribution >= 0.6 is 0 Å². The summed E-state index contributed by atoms with van der Waals surface area (Å²) in [6.07, 6.45) is -4.76. The minimum atomic E-state index is -4.76. The minimum Gasteiger partial charge on any atom is -0.292 e. The fourth-order valence-corrected chi connectivity index (χ4v) is 2.87. The number of amides is 1. The maximum Gasteiger partial charge on any atom is 0.416 e. The zero-order chi connectivity index (χ0) is 22.9. The fraction of sp³-hybridized carbons (Fsp3) is 0.211. The van der Waals surface area contributed by atoms with Gasteiger partial charge in [-0.2, -0.15) is 18.3 Å². The van der Waals surface area contributed by atoms with Crippen molar-refractivity contribution in [2.75, 3.05) is 5.43 Å². The molecule has 12 heteroatoms. The van der Waals surface area contributed by atoms with E-state index in [1.165, 1.54) is 12.1 Å². The number of fused-ring (bicyclic) bond motifs is 1. The van der Waals surface area contributed by atoms with Gasteiger partial charge in [0.15, 0.2) is 5.69 Å². The maximum atomic E-state index is 12.8. The van der Waals surface area contributed by atoms with E-state index >= 15 is 0 Å². The quantitative estimate of drug-likeness (QED) is 0.466. The largest absolute Gasteiger partial charge is 0.416 e. The predicted octanol–water partition coefficient (Wildman–Crippen LogP) is 3.66. The average molecular weight is 435 g/mol. The van der Waals surface area contributed by atoms with Gasteiger partial charge in [0.25, 0.3) is 17.2 Å². The molecule has 2 N–H and O–H groups in total. The molecule has 0 atom stereocenters. The Labute approximate surface area is 172 Å². The molecule has 0 saturated heterocycles. The Bertz CT molecular complexity index is 1240. The lowest BCUT2D eigenvalue weighted by atomic mass is 10.1. The second-order valence-electron chi connectivity index (χ2n) is 6.80.